The van der Waals surface area contributed by atoms with E-state index >= 15 is 0 Å². The number of carbonyl (C=O) groups is 1. The van der Waals surface area contributed by atoms with Gasteiger partial charge in [-0.2, -0.15) is 18.3 Å². The van der Waals surface area contributed by atoms with Gasteiger partial charge in [-0.25, -0.2) is 9.49 Å². The number of carbonyl (C=O) groups excluding carboxylic acids is 1. The number of aromatic nitrogens is 6. The molecule has 0 atom stereocenters. The third-order valence-corrected chi connectivity index (χ3v) is 5.30. The molecule has 3 heterocycles. The Hall–Kier alpha value is -3.02. The first-order valence-corrected chi connectivity index (χ1v) is 9.70. The van der Waals surface area contributed by atoms with E-state index in [1.165, 1.54) is 17.0 Å². The smallest absolute Gasteiger partial charge is 0.336 e. The topological polar surface area (TPSA) is 92.6 Å². The molecule has 2 aromatic heterocycles. The van der Waals surface area contributed by atoms with E-state index in [0.29, 0.717) is 5.82 Å². The summed E-state index contributed by atoms with van der Waals surface area (Å²) in [6, 6.07) is 3.94. The summed E-state index contributed by atoms with van der Waals surface area (Å²) < 4.78 is 55.9. The minimum atomic E-state index is -4.65. The maximum absolute atomic E-state index is 14.2. The lowest BCUT2D eigenvalue weighted by Crippen LogP contribution is -2.37. The van der Waals surface area contributed by atoms with Crippen LogP contribution in [0.2, 0.25) is 5.02 Å². The lowest BCUT2D eigenvalue weighted by Gasteiger charge is -2.28. The molecule has 1 aromatic carbocycles. The average molecular weight is 458 g/mol. The van der Waals surface area contributed by atoms with Crippen molar-refractivity contribution in [3.05, 3.63) is 57.4 Å². The molecular weight excluding hydrogens is 442 g/mol. The summed E-state index contributed by atoms with van der Waals surface area (Å²) >= 11 is 5.75. The van der Waals surface area contributed by atoms with Crippen LogP contribution < -0.4 is 0 Å². The van der Waals surface area contributed by atoms with Gasteiger partial charge < -0.3 is 4.90 Å². The number of amides is 1. The Morgan fingerprint density at radius 1 is 1.29 bits per heavy atom. The molecule has 13 heteroatoms. The van der Waals surface area contributed by atoms with Crippen LogP contribution in [0.15, 0.2) is 18.2 Å². The molecule has 4 rings (SSSR count). The standard InChI is InChI=1S/C18H16ClF4N7O/c19-11-2-1-10(13(20)7-11)8-30-14-9-29(16(31)4-3-15-24-27-28-25-15)6-5-12(14)17(26-30)18(21,22)23/h1-2,7H,3-6,8-9H2,(H,24,25,27,28). The highest BCUT2D eigenvalue weighted by Crippen LogP contribution is 2.35. The summed E-state index contributed by atoms with van der Waals surface area (Å²) in [4.78, 5) is 14.0. The Balaban J connectivity index is 1.59. The van der Waals surface area contributed by atoms with E-state index in [9.17, 15) is 22.4 Å². The van der Waals surface area contributed by atoms with Gasteiger partial charge in [-0.3, -0.25) is 9.48 Å². The number of tetrazole rings is 1. The first-order chi connectivity index (χ1) is 14.7. The molecule has 0 fully saturated rings. The number of nitrogens with one attached hydrogen (secondary N) is 1. The van der Waals surface area contributed by atoms with E-state index in [1.807, 2.05) is 0 Å². The second-order valence-corrected chi connectivity index (χ2v) is 7.51. The third-order valence-electron chi connectivity index (χ3n) is 5.06. The van der Waals surface area contributed by atoms with E-state index in [1.54, 1.807) is 0 Å². The first kappa shape index (κ1) is 21.2. The number of aromatic amines is 1. The van der Waals surface area contributed by atoms with Crippen molar-refractivity contribution in [2.45, 2.75) is 38.5 Å². The van der Waals surface area contributed by atoms with Crippen molar-refractivity contribution in [1.29, 1.82) is 0 Å². The Morgan fingerprint density at radius 2 is 2.10 bits per heavy atom. The van der Waals surface area contributed by atoms with Crippen molar-refractivity contribution in [3.63, 3.8) is 0 Å². The van der Waals surface area contributed by atoms with Crippen LogP contribution in [0, 0.1) is 5.82 Å². The van der Waals surface area contributed by atoms with E-state index < -0.39 is 17.7 Å². The van der Waals surface area contributed by atoms with Crippen molar-refractivity contribution in [2.75, 3.05) is 6.54 Å². The van der Waals surface area contributed by atoms with Crippen LogP contribution in [0.4, 0.5) is 17.6 Å². The molecule has 1 amide bonds. The van der Waals surface area contributed by atoms with Gasteiger partial charge in [0, 0.05) is 35.5 Å². The summed E-state index contributed by atoms with van der Waals surface area (Å²) in [6.45, 7) is -0.140. The lowest BCUT2D eigenvalue weighted by molar-refractivity contribution is -0.142. The van der Waals surface area contributed by atoms with Gasteiger partial charge >= 0.3 is 6.18 Å². The van der Waals surface area contributed by atoms with Gasteiger partial charge in [0.15, 0.2) is 5.69 Å². The Bertz CT molecular complexity index is 1100. The van der Waals surface area contributed by atoms with E-state index in [4.69, 9.17) is 11.6 Å². The number of fused-ring (bicyclic) bond motifs is 1. The van der Waals surface area contributed by atoms with Gasteiger partial charge in [-0.05, 0) is 29.0 Å². The van der Waals surface area contributed by atoms with Crippen molar-refractivity contribution < 1.29 is 22.4 Å². The summed E-state index contributed by atoms with van der Waals surface area (Å²) in [5.41, 5.74) is -0.589. The van der Waals surface area contributed by atoms with Crippen LogP contribution in [0.25, 0.3) is 0 Å². The minimum Gasteiger partial charge on any atom is -0.336 e. The molecule has 1 N–H and O–H groups in total. The number of halogens is 5. The summed E-state index contributed by atoms with van der Waals surface area (Å²) in [6.07, 6.45) is -4.28. The molecule has 0 bridgehead atoms. The number of benzene rings is 1. The van der Waals surface area contributed by atoms with Crippen LogP contribution in [-0.2, 0) is 36.9 Å². The maximum Gasteiger partial charge on any atom is 0.435 e. The molecule has 1 aliphatic rings. The maximum atomic E-state index is 14.2. The van der Waals surface area contributed by atoms with Crippen LogP contribution in [0.5, 0.6) is 0 Å². The zero-order chi connectivity index (χ0) is 22.2. The SMILES string of the molecule is O=C(CCc1nnn[nH]1)N1CCc2c(C(F)(F)F)nn(Cc3ccc(Cl)cc3F)c2C1. The molecule has 164 valence electrons. The Kier molecular flexibility index (Phi) is 5.65. The predicted molar refractivity (Wildman–Crippen MR) is 99.4 cm³/mol. The molecule has 0 radical (unpaired) electrons. The van der Waals surface area contributed by atoms with Crippen molar-refractivity contribution in [3.8, 4) is 0 Å². The number of hydrogen-bond donors (Lipinski definition) is 1. The fraction of sp³-hybridized carbons (Fsp3) is 0.389. The second kappa shape index (κ2) is 8.25. The van der Waals surface area contributed by atoms with Crippen LogP contribution in [0.1, 0.15) is 34.8 Å². The highest BCUT2D eigenvalue weighted by atomic mass is 35.5. The number of hydrogen-bond acceptors (Lipinski definition) is 5. The van der Waals surface area contributed by atoms with Crippen molar-refractivity contribution in [1.82, 2.24) is 35.3 Å². The molecular formula is C18H16ClF4N7O. The highest BCUT2D eigenvalue weighted by molar-refractivity contribution is 6.30. The molecule has 0 aliphatic carbocycles. The zero-order valence-corrected chi connectivity index (χ0v) is 16.7. The number of nitrogens with zero attached hydrogens (tertiary/aromatic N) is 6. The predicted octanol–water partition coefficient (Wildman–Crippen LogP) is 2.77. The number of alkyl halides is 3. The fourth-order valence-corrected chi connectivity index (χ4v) is 3.69. The number of H-pyrrole nitrogens is 1. The van der Waals surface area contributed by atoms with Gasteiger partial charge in [0.05, 0.1) is 18.8 Å². The molecule has 0 saturated carbocycles. The van der Waals surface area contributed by atoms with E-state index in [-0.39, 0.29) is 66.6 Å². The summed E-state index contributed by atoms with van der Waals surface area (Å²) in [5, 5.41) is 17.0. The molecule has 0 spiro atoms. The zero-order valence-electron chi connectivity index (χ0n) is 16.0. The monoisotopic (exact) mass is 457 g/mol. The Labute approximate surface area is 178 Å². The normalized spacial score (nSPS) is 14.0. The van der Waals surface area contributed by atoms with Crippen molar-refractivity contribution >= 4 is 17.5 Å². The van der Waals surface area contributed by atoms with E-state index in [2.05, 4.69) is 25.7 Å². The number of aryl methyl sites for hydroxylation is 1. The average Bonchev–Trinajstić information content (AvgIpc) is 3.35. The van der Waals surface area contributed by atoms with Gasteiger partial charge in [-0.1, -0.05) is 17.7 Å². The third kappa shape index (κ3) is 4.53. The van der Waals surface area contributed by atoms with Crippen molar-refractivity contribution in [2.24, 2.45) is 0 Å². The van der Waals surface area contributed by atoms with E-state index in [0.717, 1.165) is 10.7 Å². The second-order valence-electron chi connectivity index (χ2n) is 7.08. The van der Waals surface area contributed by atoms with Gasteiger partial charge in [0.2, 0.25) is 5.91 Å². The van der Waals surface area contributed by atoms with Crippen LogP contribution in [-0.4, -0.2) is 47.8 Å². The molecule has 31 heavy (non-hydrogen) atoms. The molecule has 8 nitrogen and oxygen atoms in total. The number of rotatable bonds is 5. The first-order valence-electron chi connectivity index (χ1n) is 9.32. The molecule has 0 saturated heterocycles. The summed E-state index contributed by atoms with van der Waals surface area (Å²) in [5.74, 6) is -0.454. The van der Waals surface area contributed by atoms with Gasteiger partial charge in [0.1, 0.15) is 11.6 Å². The fourth-order valence-electron chi connectivity index (χ4n) is 3.53. The highest BCUT2D eigenvalue weighted by Gasteiger charge is 2.40. The lowest BCUT2D eigenvalue weighted by atomic mass is 10.0. The largest absolute Gasteiger partial charge is 0.435 e. The van der Waals surface area contributed by atoms with Gasteiger partial charge in [0.25, 0.3) is 0 Å². The molecule has 1 aliphatic heterocycles. The summed E-state index contributed by atoms with van der Waals surface area (Å²) in [7, 11) is 0. The van der Waals surface area contributed by atoms with Crippen LogP contribution >= 0.6 is 11.6 Å². The van der Waals surface area contributed by atoms with Gasteiger partial charge in [-0.15, -0.1) is 5.10 Å². The molecule has 3 aromatic rings. The quantitative estimate of drug-likeness (QED) is 0.595. The Morgan fingerprint density at radius 3 is 2.77 bits per heavy atom. The van der Waals surface area contributed by atoms with Crippen LogP contribution in [0.3, 0.4) is 0 Å². The minimum absolute atomic E-state index is 0.00286. The molecule has 0 unspecified atom stereocenters.